The second-order valence-corrected chi connectivity index (χ2v) is 4.63. The lowest BCUT2D eigenvalue weighted by atomic mass is 10.1. The molecule has 0 heterocycles. The van der Waals surface area contributed by atoms with E-state index in [1.807, 2.05) is 6.92 Å². The van der Waals surface area contributed by atoms with Crippen LogP contribution >= 0.6 is 0 Å². The van der Waals surface area contributed by atoms with Crippen molar-refractivity contribution in [1.82, 2.24) is 0 Å². The summed E-state index contributed by atoms with van der Waals surface area (Å²) in [6.45, 7) is 1.83. The lowest BCUT2D eigenvalue weighted by Crippen LogP contribution is -2.15. The van der Waals surface area contributed by atoms with Crippen LogP contribution in [0.3, 0.4) is 0 Å². The van der Waals surface area contributed by atoms with Gasteiger partial charge in [0.15, 0.2) is 0 Å². The van der Waals surface area contributed by atoms with Gasteiger partial charge in [-0.05, 0) is 24.6 Å². The molecule has 1 amide bonds. The molecule has 0 aliphatic carbocycles. The molecule has 2 rings (SSSR count). The van der Waals surface area contributed by atoms with E-state index in [1.54, 1.807) is 24.3 Å². The standard InChI is InChI=1S/C15H14N2O4/c1-10-6-7-14(18)12(8-10)16-15(19)9-11-4-2-3-5-13(11)17(20)21/h2-8,18H,9H2,1H3,(H,16,19). The number of carbonyl (C=O) groups is 1. The summed E-state index contributed by atoms with van der Waals surface area (Å²) in [6.07, 6.45) is -0.134. The number of nitrogens with one attached hydrogen (secondary N) is 1. The van der Waals surface area contributed by atoms with Crippen LogP contribution in [0.15, 0.2) is 42.5 Å². The SMILES string of the molecule is Cc1ccc(O)c(NC(=O)Cc2ccccc2[N+](=O)[O-])c1. The van der Waals surface area contributed by atoms with E-state index in [1.165, 1.54) is 18.2 Å². The van der Waals surface area contributed by atoms with E-state index in [9.17, 15) is 20.0 Å². The van der Waals surface area contributed by atoms with Gasteiger partial charge in [-0.3, -0.25) is 14.9 Å². The third kappa shape index (κ3) is 3.56. The summed E-state index contributed by atoms with van der Waals surface area (Å²) in [4.78, 5) is 22.3. The number of phenolic OH excluding ortho intramolecular Hbond substituents is 1. The van der Waals surface area contributed by atoms with Gasteiger partial charge < -0.3 is 10.4 Å². The fourth-order valence-corrected chi connectivity index (χ4v) is 1.96. The molecule has 21 heavy (non-hydrogen) atoms. The Labute approximate surface area is 121 Å². The minimum Gasteiger partial charge on any atom is -0.506 e. The largest absolute Gasteiger partial charge is 0.506 e. The van der Waals surface area contributed by atoms with Gasteiger partial charge >= 0.3 is 0 Å². The Bertz CT molecular complexity index is 698. The number of hydrogen-bond acceptors (Lipinski definition) is 4. The van der Waals surface area contributed by atoms with Gasteiger partial charge in [0.25, 0.3) is 5.69 Å². The molecule has 0 aromatic heterocycles. The summed E-state index contributed by atoms with van der Waals surface area (Å²) in [7, 11) is 0. The maximum Gasteiger partial charge on any atom is 0.273 e. The van der Waals surface area contributed by atoms with Gasteiger partial charge in [-0.1, -0.05) is 24.3 Å². The molecular formula is C15H14N2O4. The van der Waals surface area contributed by atoms with Gasteiger partial charge in [-0.15, -0.1) is 0 Å². The van der Waals surface area contributed by atoms with Crippen molar-refractivity contribution in [3.63, 3.8) is 0 Å². The van der Waals surface area contributed by atoms with E-state index in [0.717, 1.165) is 5.56 Å². The number of benzene rings is 2. The second kappa shape index (κ2) is 6.04. The van der Waals surface area contributed by atoms with Crippen LogP contribution < -0.4 is 5.32 Å². The van der Waals surface area contributed by atoms with Gasteiger partial charge in [0, 0.05) is 11.6 Å². The number of nitrogens with zero attached hydrogens (tertiary/aromatic N) is 1. The number of para-hydroxylation sites is 1. The van der Waals surface area contributed by atoms with Crippen LogP contribution in [-0.4, -0.2) is 15.9 Å². The minimum atomic E-state index is -0.521. The Morgan fingerprint density at radius 2 is 2.00 bits per heavy atom. The first-order valence-corrected chi connectivity index (χ1v) is 6.29. The molecule has 0 bridgehead atoms. The highest BCUT2D eigenvalue weighted by Gasteiger charge is 2.16. The number of nitro groups is 1. The molecule has 0 radical (unpaired) electrons. The maximum atomic E-state index is 12.0. The van der Waals surface area contributed by atoms with E-state index >= 15 is 0 Å². The average molecular weight is 286 g/mol. The van der Waals surface area contributed by atoms with Crippen LogP contribution in [0.4, 0.5) is 11.4 Å². The molecule has 0 aliphatic rings. The van der Waals surface area contributed by atoms with Gasteiger partial charge in [0.1, 0.15) is 5.75 Å². The molecule has 2 N–H and O–H groups in total. The zero-order chi connectivity index (χ0) is 15.4. The van der Waals surface area contributed by atoms with Crippen LogP contribution in [0.2, 0.25) is 0 Å². The Balaban J connectivity index is 2.16. The van der Waals surface area contributed by atoms with Gasteiger partial charge in [0.05, 0.1) is 17.0 Å². The molecule has 2 aromatic carbocycles. The van der Waals surface area contributed by atoms with Crippen molar-refractivity contribution in [2.45, 2.75) is 13.3 Å². The maximum absolute atomic E-state index is 12.0. The smallest absolute Gasteiger partial charge is 0.273 e. The molecule has 108 valence electrons. The minimum absolute atomic E-state index is 0.0449. The number of aryl methyl sites for hydroxylation is 1. The zero-order valence-electron chi connectivity index (χ0n) is 11.4. The fraction of sp³-hybridized carbons (Fsp3) is 0.133. The van der Waals surface area contributed by atoms with Crippen molar-refractivity contribution >= 4 is 17.3 Å². The monoisotopic (exact) mass is 286 g/mol. The lowest BCUT2D eigenvalue weighted by Gasteiger charge is -2.08. The third-order valence-electron chi connectivity index (χ3n) is 2.97. The van der Waals surface area contributed by atoms with Crippen molar-refractivity contribution in [2.75, 3.05) is 5.32 Å². The number of phenols is 1. The first kappa shape index (κ1) is 14.5. The quantitative estimate of drug-likeness (QED) is 0.513. The summed E-state index contributed by atoms with van der Waals surface area (Å²) >= 11 is 0. The van der Waals surface area contributed by atoms with Crippen LogP contribution in [0, 0.1) is 17.0 Å². The average Bonchev–Trinajstić information content (AvgIpc) is 2.43. The number of amides is 1. The Kier molecular flexibility index (Phi) is 4.18. The van der Waals surface area contributed by atoms with Crippen LogP contribution in [0.25, 0.3) is 0 Å². The Morgan fingerprint density at radius 1 is 1.29 bits per heavy atom. The van der Waals surface area contributed by atoms with Crippen molar-refractivity contribution in [3.05, 3.63) is 63.7 Å². The molecule has 0 saturated heterocycles. The molecule has 0 aliphatic heterocycles. The molecule has 2 aromatic rings. The molecule has 0 fully saturated rings. The predicted octanol–water partition coefficient (Wildman–Crippen LogP) is 2.79. The Hall–Kier alpha value is -2.89. The number of anilines is 1. The van der Waals surface area contributed by atoms with Gasteiger partial charge in [0.2, 0.25) is 5.91 Å². The van der Waals surface area contributed by atoms with E-state index < -0.39 is 10.8 Å². The number of rotatable bonds is 4. The molecule has 0 unspecified atom stereocenters. The van der Waals surface area contributed by atoms with Crippen molar-refractivity contribution in [2.24, 2.45) is 0 Å². The van der Waals surface area contributed by atoms with E-state index in [0.29, 0.717) is 11.3 Å². The lowest BCUT2D eigenvalue weighted by molar-refractivity contribution is -0.385. The fourth-order valence-electron chi connectivity index (χ4n) is 1.96. The molecule has 0 atom stereocenters. The van der Waals surface area contributed by atoms with E-state index in [4.69, 9.17) is 0 Å². The van der Waals surface area contributed by atoms with Crippen LogP contribution in [-0.2, 0) is 11.2 Å². The summed E-state index contributed by atoms with van der Waals surface area (Å²) in [5.41, 5.74) is 1.40. The third-order valence-corrected chi connectivity index (χ3v) is 2.97. The summed E-state index contributed by atoms with van der Waals surface area (Å²) in [5, 5.41) is 23.1. The van der Waals surface area contributed by atoms with Gasteiger partial charge in [-0.25, -0.2) is 0 Å². The van der Waals surface area contributed by atoms with Crippen LogP contribution in [0.1, 0.15) is 11.1 Å². The van der Waals surface area contributed by atoms with Crippen LogP contribution in [0.5, 0.6) is 5.75 Å². The van der Waals surface area contributed by atoms with Crippen molar-refractivity contribution in [1.29, 1.82) is 0 Å². The Morgan fingerprint density at radius 3 is 2.71 bits per heavy atom. The van der Waals surface area contributed by atoms with Crippen molar-refractivity contribution < 1.29 is 14.8 Å². The topological polar surface area (TPSA) is 92.5 Å². The number of nitro benzene ring substituents is 1. The van der Waals surface area contributed by atoms with Gasteiger partial charge in [-0.2, -0.15) is 0 Å². The molecular weight excluding hydrogens is 272 g/mol. The summed E-state index contributed by atoms with van der Waals surface area (Å²) < 4.78 is 0. The van der Waals surface area contributed by atoms with E-state index in [2.05, 4.69) is 5.32 Å². The molecule has 6 heteroatoms. The molecule has 0 saturated carbocycles. The normalized spacial score (nSPS) is 10.1. The van der Waals surface area contributed by atoms with Crippen molar-refractivity contribution in [3.8, 4) is 5.75 Å². The van der Waals surface area contributed by atoms with E-state index in [-0.39, 0.29) is 17.9 Å². The number of aromatic hydroxyl groups is 1. The highest BCUT2D eigenvalue weighted by molar-refractivity contribution is 5.94. The first-order chi connectivity index (χ1) is 9.97. The predicted molar refractivity (Wildman–Crippen MR) is 78.3 cm³/mol. The highest BCUT2D eigenvalue weighted by Crippen LogP contribution is 2.24. The summed E-state index contributed by atoms with van der Waals surface area (Å²) in [6, 6.07) is 10.9. The zero-order valence-corrected chi connectivity index (χ0v) is 11.4. The second-order valence-electron chi connectivity index (χ2n) is 4.63. The molecule has 0 spiro atoms. The number of hydrogen-bond donors (Lipinski definition) is 2. The summed E-state index contributed by atoms with van der Waals surface area (Å²) in [5.74, 6) is -0.471. The molecule has 6 nitrogen and oxygen atoms in total. The highest BCUT2D eigenvalue weighted by atomic mass is 16.6. The number of carbonyl (C=O) groups excluding carboxylic acids is 1. The first-order valence-electron chi connectivity index (χ1n) is 6.29.